The van der Waals surface area contributed by atoms with Crippen molar-refractivity contribution in [1.82, 2.24) is 19.5 Å². The summed E-state index contributed by atoms with van der Waals surface area (Å²) in [6.07, 6.45) is 11.0. The molecule has 2 fully saturated rings. The number of esters is 1. The van der Waals surface area contributed by atoms with Crippen molar-refractivity contribution >= 4 is 26.5 Å². The molecule has 1 amide bonds. The Labute approximate surface area is 330 Å². The van der Waals surface area contributed by atoms with Crippen LogP contribution in [0.5, 0.6) is 0 Å². The molecule has 15 heteroatoms. The van der Waals surface area contributed by atoms with E-state index in [-0.39, 0.29) is 55.6 Å². The molecule has 2 heterocycles. The van der Waals surface area contributed by atoms with Crippen LogP contribution in [0.2, 0.25) is 0 Å². The summed E-state index contributed by atoms with van der Waals surface area (Å²) in [4.78, 5) is 52.6. The second kappa shape index (κ2) is 23.6. The van der Waals surface area contributed by atoms with Gasteiger partial charge >= 0.3 is 11.7 Å². The number of carbonyl (C=O) groups excluding carboxylic acids is 2. The summed E-state index contributed by atoms with van der Waals surface area (Å²) in [5.74, 6) is 7.76. The van der Waals surface area contributed by atoms with E-state index in [1.807, 2.05) is 27.7 Å². The van der Waals surface area contributed by atoms with Gasteiger partial charge in [0.2, 0.25) is 7.34 Å². The smallest absolute Gasteiger partial charge is 0.330 e. The van der Waals surface area contributed by atoms with Gasteiger partial charge < -0.3 is 28.9 Å². The van der Waals surface area contributed by atoms with E-state index in [9.17, 15) is 19.2 Å². The lowest BCUT2D eigenvalue weighted by molar-refractivity contribution is -0.144. The number of aliphatic hydroxyl groups excluding tert-OH is 1. The molecule has 14 nitrogen and oxygen atoms in total. The maximum Gasteiger partial charge on any atom is 0.330 e. The number of fused-ring (bicyclic) bond motifs is 1. The van der Waals surface area contributed by atoms with E-state index in [0.29, 0.717) is 37.3 Å². The lowest BCUT2D eigenvalue weighted by Crippen LogP contribution is -2.36. The minimum absolute atomic E-state index is 0.0619. The second-order valence-corrected chi connectivity index (χ2v) is 16.1. The number of carbonyl (C=O) groups is 2. The second-order valence-electron chi connectivity index (χ2n) is 14.7. The van der Waals surface area contributed by atoms with Gasteiger partial charge in [-0.3, -0.25) is 23.9 Å². The van der Waals surface area contributed by atoms with Gasteiger partial charge in [-0.1, -0.05) is 26.7 Å². The highest BCUT2D eigenvalue weighted by atomic mass is 31.2. The Hall–Kier alpha value is -3.36. The molecule has 1 aromatic rings. The van der Waals surface area contributed by atoms with Crippen molar-refractivity contribution in [2.45, 2.75) is 143 Å². The first kappa shape index (κ1) is 42.8. The summed E-state index contributed by atoms with van der Waals surface area (Å²) in [6.45, 7) is 9.10. The Morgan fingerprint density at radius 3 is 2.56 bits per heavy atom. The molecule has 1 aromatic heterocycles. The third kappa shape index (κ3) is 14.3. The van der Waals surface area contributed by atoms with Gasteiger partial charge in [0.25, 0.3) is 14.1 Å². The Balaban J connectivity index is 0.00000428. The predicted molar refractivity (Wildman–Crippen MR) is 211 cm³/mol. The highest BCUT2D eigenvalue weighted by Crippen LogP contribution is 2.52. The fourth-order valence-corrected chi connectivity index (χ4v) is 9.04. The van der Waals surface area contributed by atoms with Gasteiger partial charge in [-0.15, -0.1) is 11.8 Å². The average molecular weight is 791 g/mol. The van der Waals surface area contributed by atoms with Crippen molar-refractivity contribution in [3.05, 3.63) is 38.7 Å². The van der Waals surface area contributed by atoms with Crippen LogP contribution in [0.15, 0.2) is 21.9 Å². The molecule has 0 aromatic carbocycles. The standard InChI is InChI=1S/C39H58N5O9P.CH4/c1-27(2)44(28(3)4)54(51-22-14-20-40)53-33-23-36(52-34(33)25-45)43-24-29(38(48)42-39(43)49)18-19-35(46)41-21-13-9-5-6-12-17-37(47)50-26-32-30-15-10-7-8-11-16-31(30)32;/h18-19,24,27-28,30-34,36,45H,5-6,9-17,21-23,25-26H2,1-4H3,(H,41,46)(H,42,48,49);1H4/b19-18+;/t30-,31+,32?,33?,34-,36-,54?;/m1./s1/i45D;1T. The number of aromatic nitrogens is 2. The maximum absolute atomic E-state index is 12.9. The predicted octanol–water partition coefficient (Wildman–Crippen LogP) is 5.57. The Bertz CT molecular complexity index is 1630. The van der Waals surface area contributed by atoms with Crippen molar-refractivity contribution in [2.24, 2.45) is 17.8 Å². The molecule has 0 spiro atoms. The molecule has 3 N–H and O–H groups in total. The summed E-state index contributed by atoms with van der Waals surface area (Å²) >= 11 is 0. The summed E-state index contributed by atoms with van der Waals surface area (Å²) in [6, 6.07) is 2.20. The first-order valence-electron chi connectivity index (χ1n) is 20.9. The molecule has 0 radical (unpaired) electrons. The van der Waals surface area contributed by atoms with Crippen LogP contribution in [0.3, 0.4) is 0 Å². The van der Waals surface area contributed by atoms with Crippen LogP contribution in [0.25, 0.3) is 6.08 Å². The van der Waals surface area contributed by atoms with E-state index in [4.69, 9.17) is 26.6 Å². The van der Waals surface area contributed by atoms with Crippen LogP contribution in [-0.2, 0) is 28.1 Å². The van der Waals surface area contributed by atoms with Crippen molar-refractivity contribution in [3.8, 4) is 17.9 Å². The zero-order chi connectivity index (χ0) is 41.7. The number of ether oxygens (including phenoxy) is 2. The highest BCUT2D eigenvalue weighted by molar-refractivity contribution is 7.44. The number of hydrogen-bond acceptors (Lipinski definition) is 11. The van der Waals surface area contributed by atoms with E-state index in [1.165, 1.54) is 30.3 Å². The monoisotopic (exact) mass is 790 g/mol. The number of amides is 1. The highest BCUT2D eigenvalue weighted by Gasteiger charge is 2.49. The Morgan fingerprint density at radius 1 is 1.20 bits per heavy atom. The maximum atomic E-state index is 12.9. The van der Waals surface area contributed by atoms with Gasteiger partial charge in [0.15, 0.2) is 0 Å². The normalized spacial score (nSPS) is 24.0. The zero-order valence-electron chi connectivity index (χ0n) is 35.1. The topological polar surface area (TPSA) is 185 Å². The molecule has 1 saturated heterocycles. The number of unbranched alkanes of at least 4 members (excludes halogenated alkanes) is 4. The minimum Gasteiger partial charge on any atom is -0.465 e. The van der Waals surface area contributed by atoms with Crippen molar-refractivity contribution in [3.63, 3.8) is 0 Å². The summed E-state index contributed by atoms with van der Waals surface area (Å²) in [7, 11) is -0.386. The largest absolute Gasteiger partial charge is 0.465 e. The quantitative estimate of drug-likeness (QED) is 0.0414. The average Bonchev–Trinajstić information content (AvgIpc) is 3.65. The first-order chi connectivity index (χ1) is 27.5. The van der Waals surface area contributed by atoms with Crippen LogP contribution < -0.4 is 16.6 Å². The number of nitrogens with one attached hydrogen (secondary N) is 2. The third-order valence-corrected chi connectivity index (χ3v) is 12.2. The van der Waals surface area contributed by atoms with Crippen LogP contribution in [0.4, 0.5) is 0 Å². The fourth-order valence-electron chi connectivity index (χ4n) is 7.28. The van der Waals surface area contributed by atoms with Gasteiger partial charge in [-0.2, -0.15) is 5.26 Å². The zero-order valence-corrected chi connectivity index (χ0v) is 34.0. The molecular formula is C40H62N5O9P. The van der Waals surface area contributed by atoms with Crippen LogP contribution in [0.1, 0.15) is 125 Å². The van der Waals surface area contributed by atoms with Gasteiger partial charge in [-0.05, 0) is 77.2 Å². The van der Waals surface area contributed by atoms with Crippen LogP contribution >= 0.6 is 8.53 Å². The SMILES string of the molecule is [2H]OC[C@H]1O[C@@H](n2cc(/C=C/C(=O)NCCCCCCCC(=O)OCC3[C@H]4CCC#CCC[C@@H]34)c(=O)[nH]c2=O)CC1OP(OCCC#N)N(C(C)C)C(C)C.[3H]C. The van der Waals surface area contributed by atoms with Gasteiger partial charge in [0.1, 0.15) is 12.3 Å². The van der Waals surface area contributed by atoms with Gasteiger partial charge in [0, 0.05) is 58.0 Å². The van der Waals surface area contributed by atoms with Crippen molar-refractivity contribution in [2.75, 3.05) is 26.4 Å². The molecule has 4 rings (SSSR count). The Morgan fingerprint density at radius 2 is 1.89 bits per heavy atom. The van der Waals surface area contributed by atoms with Crippen LogP contribution in [0, 0.1) is 40.9 Å². The number of nitrogens with zero attached hydrogens (tertiary/aromatic N) is 3. The van der Waals surface area contributed by atoms with E-state index in [0.717, 1.165) is 57.8 Å². The molecule has 7 atom stereocenters. The van der Waals surface area contributed by atoms with Crippen molar-refractivity contribution in [1.29, 1.82) is 6.69 Å². The molecule has 0 bridgehead atoms. The van der Waals surface area contributed by atoms with Crippen LogP contribution in [-0.4, -0.2) is 83.3 Å². The lowest BCUT2D eigenvalue weighted by atomic mass is 10.1. The lowest BCUT2D eigenvalue weighted by Gasteiger charge is -2.37. The van der Waals surface area contributed by atoms with Gasteiger partial charge in [0.05, 0.1) is 44.0 Å². The number of aliphatic hydroxyl groups is 1. The summed E-state index contributed by atoms with van der Waals surface area (Å²) < 4.78 is 40.6. The van der Waals surface area contributed by atoms with Crippen molar-refractivity contribution < 1.29 is 34.6 Å². The molecule has 3 aliphatic rings. The number of nitriles is 1. The van der Waals surface area contributed by atoms with E-state index in [2.05, 4.69) is 38.0 Å². The van der Waals surface area contributed by atoms with E-state index < -0.39 is 38.2 Å². The molecule has 1 aliphatic heterocycles. The molecule has 55 heavy (non-hydrogen) atoms. The molecule has 1 saturated carbocycles. The van der Waals surface area contributed by atoms with E-state index >= 15 is 0 Å². The molecular weight excluding hydrogens is 725 g/mol. The number of hydrogen-bond donors (Lipinski definition) is 3. The third-order valence-electron chi connectivity index (χ3n) is 10.1. The van der Waals surface area contributed by atoms with E-state index in [1.54, 1.807) is 0 Å². The summed E-state index contributed by atoms with van der Waals surface area (Å²) in [5, 5.41) is 16.5. The molecule has 3 unspecified atom stereocenters. The fraction of sp³-hybridized carbons (Fsp3) is 0.725. The first-order valence-corrected chi connectivity index (χ1v) is 20.6. The number of rotatable bonds is 23. The number of aromatic amines is 1. The number of H-pyrrole nitrogens is 1. The minimum atomic E-state index is -1.64. The molecule has 2 aliphatic carbocycles. The van der Waals surface area contributed by atoms with Gasteiger partial charge in [-0.25, -0.2) is 9.46 Å². The Kier molecular flexibility index (Phi) is 18.4. The summed E-state index contributed by atoms with van der Waals surface area (Å²) in [5.41, 5.74) is -1.27. The molecule has 306 valence electrons.